The molecule has 0 aliphatic rings. The Bertz CT molecular complexity index is 476. The molecular weight excluding hydrogens is 260 g/mol. The Labute approximate surface area is 117 Å². The molecule has 110 valence electrons. The predicted octanol–water partition coefficient (Wildman–Crippen LogP) is 1.80. The standard InChI is InChI=1S/C14H20N2O4/c1-2-5-12(14(19)20)16(9-8-13(17)18)11-7-4-3-6-10(11)15/h3-4,6-7,12H,2,5,8-9,15H2,1H3,(H,17,18)(H,19,20). The van der Waals surface area contributed by atoms with E-state index in [4.69, 9.17) is 10.8 Å². The van der Waals surface area contributed by atoms with Gasteiger partial charge in [-0.15, -0.1) is 0 Å². The third kappa shape index (κ3) is 4.15. The number of nitrogen functional groups attached to an aromatic ring is 1. The Hall–Kier alpha value is -2.24. The van der Waals surface area contributed by atoms with E-state index in [-0.39, 0.29) is 13.0 Å². The number of para-hydroxylation sites is 2. The topological polar surface area (TPSA) is 104 Å². The van der Waals surface area contributed by atoms with Gasteiger partial charge in [-0.05, 0) is 18.6 Å². The summed E-state index contributed by atoms with van der Waals surface area (Å²) in [5.74, 6) is -1.94. The van der Waals surface area contributed by atoms with E-state index in [1.165, 1.54) is 0 Å². The summed E-state index contributed by atoms with van der Waals surface area (Å²) in [6, 6.07) is 6.12. The first-order chi connectivity index (χ1) is 9.47. The van der Waals surface area contributed by atoms with Crippen LogP contribution >= 0.6 is 0 Å². The van der Waals surface area contributed by atoms with Gasteiger partial charge in [0.2, 0.25) is 0 Å². The van der Waals surface area contributed by atoms with Crippen LogP contribution in [0.5, 0.6) is 0 Å². The fraction of sp³-hybridized carbons (Fsp3) is 0.429. The average Bonchev–Trinajstić information content (AvgIpc) is 2.39. The number of benzene rings is 1. The van der Waals surface area contributed by atoms with Crippen LogP contribution in [0.2, 0.25) is 0 Å². The number of hydrogen-bond acceptors (Lipinski definition) is 4. The Morgan fingerprint density at radius 2 is 1.95 bits per heavy atom. The quantitative estimate of drug-likeness (QED) is 0.627. The molecule has 4 N–H and O–H groups in total. The van der Waals surface area contributed by atoms with Gasteiger partial charge in [0.25, 0.3) is 0 Å². The Kier molecular flexibility index (Phi) is 5.83. The fourth-order valence-corrected chi connectivity index (χ4v) is 2.10. The Balaban J connectivity index is 3.09. The average molecular weight is 280 g/mol. The van der Waals surface area contributed by atoms with Crippen LogP contribution in [-0.2, 0) is 9.59 Å². The number of nitrogens with zero attached hydrogens (tertiary/aromatic N) is 1. The van der Waals surface area contributed by atoms with E-state index in [2.05, 4.69) is 0 Å². The molecule has 0 heterocycles. The maximum Gasteiger partial charge on any atom is 0.326 e. The summed E-state index contributed by atoms with van der Waals surface area (Å²) in [5.41, 5.74) is 6.89. The van der Waals surface area contributed by atoms with Crippen molar-refractivity contribution in [2.75, 3.05) is 17.2 Å². The van der Waals surface area contributed by atoms with Gasteiger partial charge < -0.3 is 20.8 Å². The van der Waals surface area contributed by atoms with E-state index in [1.54, 1.807) is 29.2 Å². The van der Waals surface area contributed by atoms with Crippen LogP contribution in [0.1, 0.15) is 26.2 Å². The maximum absolute atomic E-state index is 11.4. The fourth-order valence-electron chi connectivity index (χ4n) is 2.10. The van der Waals surface area contributed by atoms with Crippen LogP contribution in [0.4, 0.5) is 11.4 Å². The molecule has 0 bridgehead atoms. The number of rotatable bonds is 8. The minimum Gasteiger partial charge on any atom is -0.481 e. The monoisotopic (exact) mass is 280 g/mol. The van der Waals surface area contributed by atoms with Crippen LogP contribution in [0.25, 0.3) is 0 Å². The highest BCUT2D eigenvalue weighted by Gasteiger charge is 2.26. The zero-order valence-corrected chi connectivity index (χ0v) is 11.5. The van der Waals surface area contributed by atoms with Gasteiger partial charge in [0.1, 0.15) is 6.04 Å². The lowest BCUT2D eigenvalue weighted by molar-refractivity contribution is -0.140. The summed E-state index contributed by atoms with van der Waals surface area (Å²) in [6.07, 6.45) is 0.985. The number of carboxylic acid groups (broad SMARTS) is 2. The van der Waals surface area contributed by atoms with E-state index >= 15 is 0 Å². The molecule has 1 atom stereocenters. The molecule has 0 saturated carbocycles. The summed E-state index contributed by atoms with van der Waals surface area (Å²) in [6.45, 7) is 2.00. The minimum absolute atomic E-state index is 0.112. The lowest BCUT2D eigenvalue weighted by Gasteiger charge is -2.31. The zero-order valence-electron chi connectivity index (χ0n) is 11.5. The molecule has 0 radical (unpaired) electrons. The maximum atomic E-state index is 11.4. The molecule has 1 rings (SSSR count). The van der Waals surface area contributed by atoms with Crippen LogP contribution < -0.4 is 10.6 Å². The normalized spacial score (nSPS) is 11.8. The molecule has 1 unspecified atom stereocenters. The van der Waals surface area contributed by atoms with Gasteiger partial charge >= 0.3 is 11.9 Å². The molecular formula is C14H20N2O4. The van der Waals surface area contributed by atoms with Gasteiger partial charge in [0.05, 0.1) is 17.8 Å². The van der Waals surface area contributed by atoms with Gasteiger partial charge in [0.15, 0.2) is 0 Å². The molecule has 0 aliphatic heterocycles. The van der Waals surface area contributed by atoms with E-state index < -0.39 is 18.0 Å². The first-order valence-electron chi connectivity index (χ1n) is 6.53. The van der Waals surface area contributed by atoms with Crippen LogP contribution in [0.3, 0.4) is 0 Å². The van der Waals surface area contributed by atoms with Crippen molar-refractivity contribution in [3.63, 3.8) is 0 Å². The number of carbonyl (C=O) groups is 2. The summed E-state index contributed by atoms with van der Waals surface area (Å²) >= 11 is 0. The molecule has 1 aromatic carbocycles. The van der Waals surface area contributed by atoms with E-state index in [0.29, 0.717) is 24.2 Å². The summed E-state index contributed by atoms with van der Waals surface area (Å²) in [5, 5.41) is 18.2. The molecule has 0 fully saturated rings. The SMILES string of the molecule is CCCC(C(=O)O)N(CCC(=O)O)c1ccccc1N. The van der Waals surface area contributed by atoms with Gasteiger partial charge in [0, 0.05) is 6.54 Å². The van der Waals surface area contributed by atoms with Crippen molar-refractivity contribution in [3.05, 3.63) is 24.3 Å². The lowest BCUT2D eigenvalue weighted by Crippen LogP contribution is -2.42. The zero-order chi connectivity index (χ0) is 15.1. The number of aliphatic carboxylic acids is 2. The second-order valence-corrected chi connectivity index (χ2v) is 4.54. The largest absolute Gasteiger partial charge is 0.481 e. The van der Waals surface area contributed by atoms with E-state index in [0.717, 1.165) is 0 Å². The van der Waals surface area contributed by atoms with Crippen molar-refractivity contribution in [1.82, 2.24) is 0 Å². The van der Waals surface area contributed by atoms with Gasteiger partial charge in [-0.1, -0.05) is 25.5 Å². The second kappa shape index (κ2) is 7.37. The third-order valence-electron chi connectivity index (χ3n) is 3.04. The molecule has 0 spiro atoms. The smallest absolute Gasteiger partial charge is 0.326 e. The highest BCUT2D eigenvalue weighted by molar-refractivity contribution is 5.81. The Morgan fingerprint density at radius 1 is 1.30 bits per heavy atom. The number of carboxylic acids is 2. The lowest BCUT2D eigenvalue weighted by atomic mass is 10.1. The number of hydrogen-bond donors (Lipinski definition) is 3. The van der Waals surface area contributed by atoms with Crippen LogP contribution in [-0.4, -0.2) is 34.7 Å². The van der Waals surface area contributed by atoms with Crippen molar-refractivity contribution >= 4 is 23.3 Å². The molecule has 0 aliphatic carbocycles. The van der Waals surface area contributed by atoms with Crippen molar-refractivity contribution in [3.8, 4) is 0 Å². The molecule has 0 aromatic heterocycles. The molecule has 6 heteroatoms. The number of nitrogens with two attached hydrogens (primary N) is 1. The molecule has 20 heavy (non-hydrogen) atoms. The van der Waals surface area contributed by atoms with E-state index in [1.807, 2.05) is 6.92 Å². The summed E-state index contributed by atoms with van der Waals surface area (Å²) in [4.78, 5) is 23.8. The van der Waals surface area contributed by atoms with Crippen molar-refractivity contribution in [2.45, 2.75) is 32.2 Å². The first-order valence-corrected chi connectivity index (χ1v) is 6.53. The third-order valence-corrected chi connectivity index (χ3v) is 3.04. The van der Waals surface area contributed by atoms with Crippen LogP contribution in [0.15, 0.2) is 24.3 Å². The van der Waals surface area contributed by atoms with Crippen molar-refractivity contribution < 1.29 is 19.8 Å². The number of anilines is 2. The summed E-state index contributed by atoms with van der Waals surface area (Å²) in [7, 11) is 0. The first kappa shape index (κ1) is 15.8. The molecule has 6 nitrogen and oxygen atoms in total. The minimum atomic E-state index is -0.972. The Morgan fingerprint density at radius 3 is 2.45 bits per heavy atom. The van der Waals surface area contributed by atoms with Crippen LogP contribution in [0, 0.1) is 0 Å². The summed E-state index contributed by atoms with van der Waals surface area (Å²) < 4.78 is 0. The molecule has 1 aromatic rings. The van der Waals surface area contributed by atoms with Crippen molar-refractivity contribution in [1.29, 1.82) is 0 Å². The highest BCUT2D eigenvalue weighted by atomic mass is 16.4. The van der Waals surface area contributed by atoms with Gasteiger partial charge in [-0.25, -0.2) is 4.79 Å². The molecule has 0 saturated heterocycles. The van der Waals surface area contributed by atoms with Gasteiger partial charge in [-0.3, -0.25) is 4.79 Å². The van der Waals surface area contributed by atoms with E-state index in [9.17, 15) is 14.7 Å². The molecule has 0 amide bonds. The second-order valence-electron chi connectivity index (χ2n) is 4.54. The van der Waals surface area contributed by atoms with Crippen molar-refractivity contribution in [2.24, 2.45) is 0 Å². The predicted molar refractivity (Wildman–Crippen MR) is 76.8 cm³/mol. The van der Waals surface area contributed by atoms with Gasteiger partial charge in [-0.2, -0.15) is 0 Å². The highest BCUT2D eigenvalue weighted by Crippen LogP contribution is 2.26.